The summed E-state index contributed by atoms with van der Waals surface area (Å²) in [5.41, 5.74) is 0. The summed E-state index contributed by atoms with van der Waals surface area (Å²) in [6.45, 7) is 11.7. The molecule has 2 atom stereocenters. The second kappa shape index (κ2) is 9.64. The van der Waals surface area contributed by atoms with E-state index in [9.17, 15) is 4.79 Å². The van der Waals surface area contributed by atoms with Gasteiger partial charge in [0.1, 0.15) is 5.82 Å². The van der Waals surface area contributed by atoms with Gasteiger partial charge in [0.15, 0.2) is 0 Å². The molecule has 8 heteroatoms. The number of rotatable bonds is 7. The van der Waals surface area contributed by atoms with E-state index in [1.807, 2.05) is 24.0 Å². The highest BCUT2D eigenvalue weighted by molar-refractivity contribution is 5.78. The Balaban J connectivity index is 1.47. The van der Waals surface area contributed by atoms with E-state index < -0.39 is 0 Å². The Morgan fingerprint density at radius 3 is 3.04 bits per heavy atom. The fourth-order valence-corrected chi connectivity index (χ4v) is 3.94. The van der Waals surface area contributed by atoms with Crippen molar-refractivity contribution >= 4 is 5.91 Å². The lowest BCUT2D eigenvalue weighted by molar-refractivity contribution is -0.124. The summed E-state index contributed by atoms with van der Waals surface area (Å²) in [4.78, 5) is 21.7. The molecule has 2 fully saturated rings. The zero-order valence-corrected chi connectivity index (χ0v) is 16.9. The first kappa shape index (κ1) is 20.3. The highest BCUT2D eigenvalue weighted by Crippen LogP contribution is 2.19. The number of nitrogens with zero attached hydrogens (tertiary/aromatic N) is 4. The summed E-state index contributed by atoms with van der Waals surface area (Å²) in [6, 6.07) is 0.122. The predicted octanol–water partition coefficient (Wildman–Crippen LogP) is -0.161. The van der Waals surface area contributed by atoms with Crippen molar-refractivity contribution < 1.29 is 9.53 Å². The average Bonchev–Trinajstić information content (AvgIpc) is 3.06. The highest BCUT2D eigenvalue weighted by atomic mass is 16.5. The van der Waals surface area contributed by atoms with Gasteiger partial charge in [-0.15, -0.1) is 0 Å². The second-order valence-corrected chi connectivity index (χ2v) is 8.04. The maximum Gasteiger partial charge on any atom is 0.234 e. The van der Waals surface area contributed by atoms with Crippen molar-refractivity contribution in [2.75, 3.05) is 59.0 Å². The number of hydrogen-bond donors (Lipinski definition) is 2. The molecule has 27 heavy (non-hydrogen) atoms. The van der Waals surface area contributed by atoms with Crippen LogP contribution in [0.3, 0.4) is 0 Å². The molecule has 3 heterocycles. The van der Waals surface area contributed by atoms with Crippen LogP contribution in [0.4, 0.5) is 0 Å². The number of aryl methyl sites for hydroxylation is 1. The number of hydrogen-bond acceptors (Lipinski definition) is 6. The van der Waals surface area contributed by atoms with Gasteiger partial charge in [-0.25, -0.2) is 4.98 Å². The van der Waals surface area contributed by atoms with Gasteiger partial charge in [-0.2, -0.15) is 0 Å². The summed E-state index contributed by atoms with van der Waals surface area (Å²) in [5.74, 6) is 1.70. The first-order valence-corrected chi connectivity index (χ1v) is 10.1. The number of carbonyl (C=O) groups is 1. The van der Waals surface area contributed by atoms with E-state index in [-0.39, 0.29) is 18.1 Å². The Morgan fingerprint density at radius 2 is 2.30 bits per heavy atom. The van der Waals surface area contributed by atoms with Crippen LogP contribution in [-0.2, 0) is 16.6 Å². The number of nitrogens with one attached hydrogen (secondary N) is 2. The molecule has 8 nitrogen and oxygen atoms in total. The number of carbonyl (C=O) groups excluding carboxylic acids is 1. The van der Waals surface area contributed by atoms with Crippen molar-refractivity contribution in [3.63, 3.8) is 0 Å². The van der Waals surface area contributed by atoms with Crippen molar-refractivity contribution in [2.24, 2.45) is 13.0 Å². The van der Waals surface area contributed by atoms with Crippen molar-refractivity contribution in [1.29, 1.82) is 0 Å². The molecule has 0 aliphatic carbocycles. The minimum absolute atomic E-state index is 0.0562. The van der Waals surface area contributed by atoms with Crippen LogP contribution in [0.1, 0.15) is 25.7 Å². The smallest absolute Gasteiger partial charge is 0.234 e. The van der Waals surface area contributed by atoms with Gasteiger partial charge in [0.2, 0.25) is 5.91 Å². The monoisotopic (exact) mass is 378 g/mol. The maximum atomic E-state index is 12.5. The van der Waals surface area contributed by atoms with Gasteiger partial charge in [-0.3, -0.25) is 14.6 Å². The molecule has 2 aliphatic rings. The average molecular weight is 379 g/mol. The Bertz CT molecular complexity index is 605. The third kappa shape index (κ3) is 5.75. The molecule has 152 valence electrons. The van der Waals surface area contributed by atoms with Crippen LogP contribution < -0.4 is 10.6 Å². The van der Waals surface area contributed by atoms with E-state index in [0.29, 0.717) is 19.0 Å². The lowest BCUT2D eigenvalue weighted by Crippen LogP contribution is -2.52. The van der Waals surface area contributed by atoms with E-state index in [1.165, 1.54) is 0 Å². The van der Waals surface area contributed by atoms with Crippen molar-refractivity contribution in [3.05, 3.63) is 18.2 Å². The summed E-state index contributed by atoms with van der Waals surface area (Å²) >= 11 is 0. The van der Waals surface area contributed by atoms with Gasteiger partial charge < -0.3 is 19.9 Å². The number of aromatic nitrogens is 2. The molecule has 1 aromatic rings. The van der Waals surface area contributed by atoms with Crippen LogP contribution in [-0.4, -0.2) is 90.3 Å². The quantitative estimate of drug-likeness (QED) is 0.687. The third-order valence-corrected chi connectivity index (χ3v) is 5.23. The van der Waals surface area contributed by atoms with Crippen LogP contribution in [0, 0.1) is 5.92 Å². The van der Waals surface area contributed by atoms with Crippen molar-refractivity contribution in [1.82, 2.24) is 30.0 Å². The minimum atomic E-state index is 0.0562. The predicted molar refractivity (Wildman–Crippen MR) is 104 cm³/mol. The molecule has 0 aromatic carbocycles. The zero-order chi connectivity index (χ0) is 19.2. The Morgan fingerprint density at radius 1 is 1.44 bits per heavy atom. The van der Waals surface area contributed by atoms with Gasteiger partial charge in [0.05, 0.1) is 25.3 Å². The number of amides is 1. The van der Waals surface area contributed by atoms with Crippen LogP contribution in [0.5, 0.6) is 0 Å². The molecule has 0 bridgehead atoms. The molecule has 1 amide bonds. The molecule has 3 rings (SSSR count). The van der Waals surface area contributed by atoms with Gasteiger partial charge >= 0.3 is 0 Å². The number of morpholine rings is 1. The zero-order valence-electron chi connectivity index (χ0n) is 16.9. The molecule has 0 spiro atoms. The van der Waals surface area contributed by atoms with E-state index in [0.717, 1.165) is 51.7 Å². The van der Waals surface area contributed by atoms with Gasteiger partial charge in [0, 0.05) is 65.3 Å². The minimum Gasteiger partial charge on any atom is -0.374 e. The van der Waals surface area contributed by atoms with Crippen LogP contribution in [0.25, 0.3) is 0 Å². The maximum absolute atomic E-state index is 12.5. The fraction of sp³-hybridized carbons (Fsp3) is 0.789. The lowest BCUT2D eigenvalue weighted by atomic mass is 10.1. The normalized spacial score (nSPS) is 25.0. The molecule has 2 saturated heterocycles. The van der Waals surface area contributed by atoms with Crippen molar-refractivity contribution in [3.8, 4) is 0 Å². The lowest BCUT2D eigenvalue weighted by Gasteiger charge is -2.36. The fourth-order valence-electron chi connectivity index (χ4n) is 3.94. The molecule has 0 saturated carbocycles. The first-order valence-electron chi connectivity index (χ1n) is 10.1. The largest absolute Gasteiger partial charge is 0.374 e. The first-order chi connectivity index (χ1) is 13.0. The SMILES string of the molecule is CC(C)CN1CCOC(CNC(=O)CN2CCNCC2c2nccn2C)C1. The van der Waals surface area contributed by atoms with E-state index in [4.69, 9.17) is 4.74 Å². The highest BCUT2D eigenvalue weighted by Gasteiger charge is 2.28. The molecule has 1 aromatic heterocycles. The number of imidazole rings is 1. The van der Waals surface area contributed by atoms with Crippen molar-refractivity contribution in [2.45, 2.75) is 26.0 Å². The molecule has 0 radical (unpaired) electrons. The molecular weight excluding hydrogens is 344 g/mol. The Kier molecular flexibility index (Phi) is 7.23. The van der Waals surface area contributed by atoms with Crippen LogP contribution in [0.15, 0.2) is 12.4 Å². The molecule has 2 N–H and O–H groups in total. The number of piperazine rings is 1. The van der Waals surface area contributed by atoms with Gasteiger partial charge in [0.25, 0.3) is 0 Å². The third-order valence-electron chi connectivity index (χ3n) is 5.23. The standard InChI is InChI=1S/C19H34N6O2/c1-15(2)12-24-8-9-27-16(13-24)10-22-18(26)14-25-7-4-20-11-17(25)19-21-5-6-23(19)3/h5-6,15-17,20H,4,7-14H2,1-3H3,(H,22,26). The summed E-state index contributed by atoms with van der Waals surface area (Å²) in [5, 5.41) is 6.48. The van der Waals surface area contributed by atoms with Crippen LogP contribution in [0.2, 0.25) is 0 Å². The molecular formula is C19H34N6O2. The summed E-state index contributed by atoms with van der Waals surface area (Å²) in [6.07, 6.45) is 3.84. The summed E-state index contributed by atoms with van der Waals surface area (Å²) in [7, 11) is 2.00. The Hall–Kier alpha value is -1.48. The van der Waals surface area contributed by atoms with Gasteiger partial charge in [-0.1, -0.05) is 13.8 Å². The summed E-state index contributed by atoms with van der Waals surface area (Å²) < 4.78 is 7.86. The second-order valence-electron chi connectivity index (χ2n) is 8.04. The molecule has 2 aliphatic heterocycles. The molecule has 2 unspecified atom stereocenters. The van der Waals surface area contributed by atoms with E-state index in [1.54, 1.807) is 0 Å². The van der Waals surface area contributed by atoms with E-state index >= 15 is 0 Å². The topological polar surface area (TPSA) is 74.7 Å². The van der Waals surface area contributed by atoms with E-state index in [2.05, 4.69) is 39.3 Å². The Labute approximate surface area is 162 Å². The number of ether oxygens (including phenoxy) is 1. The van der Waals surface area contributed by atoms with Gasteiger partial charge in [-0.05, 0) is 5.92 Å². The van der Waals surface area contributed by atoms with Crippen LogP contribution >= 0.6 is 0 Å².